The molecule has 0 bridgehead atoms. The zero-order valence-corrected chi connectivity index (χ0v) is 12.3. The van der Waals surface area contributed by atoms with Crippen molar-refractivity contribution in [3.05, 3.63) is 23.8 Å². The summed E-state index contributed by atoms with van der Waals surface area (Å²) in [5.41, 5.74) is 11.8. The standard InChI is InChI=1S/C14H20N4O3/c1-4-21-13(20)9-5-6-10(17-12(19)8(2)3)11(7-9)18-14(15)16/h5-8H,4H2,1-3H3,(H,17,19)(H4,15,16,18). The molecule has 0 unspecified atom stereocenters. The number of anilines is 1. The zero-order valence-electron chi connectivity index (χ0n) is 12.3. The second-order valence-electron chi connectivity index (χ2n) is 4.63. The van der Waals surface area contributed by atoms with Crippen LogP contribution in [0.3, 0.4) is 0 Å². The van der Waals surface area contributed by atoms with Crippen LogP contribution in [0.1, 0.15) is 31.1 Å². The van der Waals surface area contributed by atoms with E-state index in [0.29, 0.717) is 16.9 Å². The summed E-state index contributed by atoms with van der Waals surface area (Å²) in [4.78, 5) is 27.4. The van der Waals surface area contributed by atoms with E-state index in [2.05, 4.69) is 10.3 Å². The summed E-state index contributed by atoms with van der Waals surface area (Å²) in [6, 6.07) is 4.57. The van der Waals surface area contributed by atoms with Crippen molar-refractivity contribution in [2.75, 3.05) is 11.9 Å². The van der Waals surface area contributed by atoms with E-state index in [1.807, 2.05) is 0 Å². The van der Waals surface area contributed by atoms with Gasteiger partial charge in [0.1, 0.15) is 0 Å². The van der Waals surface area contributed by atoms with Crippen molar-refractivity contribution in [3.63, 3.8) is 0 Å². The highest BCUT2D eigenvalue weighted by atomic mass is 16.5. The van der Waals surface area contributed by atoms with E-state index >= 15 is 0 Å². The molecule has 1 rings (SSSR count). The highest BCUT2D eigenvalue weighted by molar-refractivity contribution is 5.98. The molecule has 0 aliphatic rings. The second kappa shape index (κ2) is 7.28. The average Bonchev–Trinajstić information content (AvgIpc) is 2.40. The molecule has 0 radical (unpaired) electrons. The lowest BCUT2D eigenvalue weighted by Gasteiger charge is -2.11. The third kappa shape index (κ3) is 4.79. The van der Waals surface area contributed by atoms with Crippen LogP contribution >= 0.6 is 0 Å². The van der Waals surface area contributed by atoms with E-state index in [9.17, 15) is 9.59 Å². The topological polar surface area (TPSA) is 120 Å². The van der Waals surface area contributed by atoms with Gasteiger partial charge in [0.2, 0.25) is 5.91 Å². The third-order valence-corrected chi connectivity index (χ3v) is 2.54. The smallest absolute Gasteiger partial charge is 0.338 e. The first-order chi connectivity index (χ1) is 9.85. The van der Waals surface area contributed by atoms with Crippen molar-refractivity contribution in [1.82, 2.24) is 0 Å². The molecule has 0 fully saturated rings. The quantitative estimate of drug-likeness (QED) is 0.430. The van der Waals surface area contributed by atoms with Gasteiger partial charge in [-0.25, -0.2) is 9.79 Å². The zero-order chi connectivity index (χ0) is 16.0. The second-order valence-corrected chi connectivity index (χ2v) is 4.63. The van der Waals surface area contributed by atoms with Gasteiger partial charge in [0.15, 0.2) is 5.96 Å². The van der Waals surface area contributed by atoms with Gasteiger partial charge in [-0.1, -0.05) is 13.8 Å². The fourth-order valence-electron chi connectivity index (χ4n) is 1.49. The van der Waals surface area contributed by atoms with Gasteiger partial charge >= 0.3 is 5.97 Å². The van der Waals surface area contributed by atoms with Gasteiger partial charge in [0.25, 0.3) is 0 Å². The Balaban J connectivity index is 3.17. The summed E-state index contributed by atoms with van der Waals surface area (Å²) in [5.74, 6) is -1.02. The maximum absolute atomic E-state index is 11.8. The summed E-state index contributed by atoms with van der Waals surface area (Å²) in [7, 11) is 0. The Morgan fingerprint density at radius 2 is 2.00 bits per heavy atom. The van der Waals surface area contributed by atoms with Crippen LogP contribution in [-0.4, -0.2) is 24.4 Å². The lowest BCUT2D eigenvalue weighted by molar-refractivity contribution is -0.118. The van der Waals surface area contributed by atoms with Crippen LogP contribution in [0.5, 0.6) is 0 Å². The molecule has 0 saturated carbocycles. The SMILES string of the molecule is CCOC(=O)c1ccc(NC(=O)C(C)C)c(N=C(N)N)c1. The molecule has 1 aromatic rings. The van der Waals surface area contributed by atoms with Crippen molar-refractivity contribution < 1.29 is 14.3 Å². The minimum atomic E-state index is -0.480. The minimum absolute atomic E-state index is 0.170. The summed E-state index contributed by atoms with van der Waals surface area (Å²) < 4.78 is 4.91. The fourth-order valence-corrected chi connectivity index (χ4v) is 1.49. The van der Waals surface area contributed by atoms with Crippen molar-refractivity contribution >= 4 is 29.2 Å². The number of hydrogen-bond acceptors (Lipinski definition) is 4. The monoisotopic (exact) mass is 292 g/mol. The van der Waals surface area contributed by atoms with E-state index < -0.39 is 5.97 Å². The number of esters is 1. The molecule has 0 atom stereocenters. The number of ether oxygens (including phenoxy) is 1. The Hall–Kier alpha value is -2.57. The number of amides is 1. The molecule has 7 heteroatoms. The number of benzene rings is 1. The van der Waals surface area contributed by atoms with Crippen LogP contribution in [0.2, 0.25) is 0 Å². The molecule has 0 aliphatic heterocycles. The van der Waals surface area contributed by atoms with Crippen molar-refractivity contribution in [2.24, 2.45) is 22.4 Å². The van der Waals surface area contributed by atoms with Crippen LogP contribution in [0.15, 0.2) is 23.2 Å². The highest BCUT2D eigenvalue weighted by Crippen LogP contribution is 2.27. The first kappa shape index (κ1) is 16.5. The minimum Gasteiger partial charge on any atom is -0.462 e. The molecule has 1 aromatic carbocycles. The molecule has 0 aromatic heterocycles. The number of aliphatic imine (C=N–C) groups is 1. The number of hydrogen-bond donors (Lipinski definition) is 3. The Morgan fingerprint density at radius 1 is 1.33 bits per heavy atom. The molecular weight excluding hydrogens is 272 g/mol. The lowest BCUT2D eigenvalue weighted by Crippen LogP contribution is -2.22. The lowest BCUT2D eigenvalue weighted by atomic mass is 10.1. The summed E-state index contributed by atoms with van der Waals surface area (Å²) in [6.07, 6.45) is 0. The largest absolute Gasteiger partial charge is 0.462 e. The number of carbonyl (C=O) groups is 2. The Morgan fingerprint density at radius 3 is 2.52 bits per heavy atom. The maximum atomic E-state index is 11.8. The number of nitrogens with zero attached hydrogens (tertiary/aromatic N) is 1. The van der Waals surface area contributed by atoms with Gasteiger partial charge in [-0.2, -0.15) is 0 Å². The number of nitrogens with two attached hydrogens (primary N) is 2. The number of nitrogens with one attached hydrogen (secondary N) is 1. The van der Waals surface area contributed by atoms with Crippen LogP contribution in [0.4, 0.5) is 11.4 Å². The molecule has 21 heavy (non-hydrogen) atoms. The molecule has 7 nitrogen and oxygen atoms in total. The molecule has 0 heterocycles. The Kier molecular flexibility index (Phi) is 5.71. The van der Waals surface area contributed by atoms with Gasteiger partial charge < -0.3 is 21.5 Å². The van der Waals surface area contributed by atoms with E-state index in [0.717, 1.165) is 0 Å². The molecule has 1 amide bonds. The van der Waals surface area contributed by atoms with E-state index in [4.69, 9.17) is 16.2 Å². The van der Waals surface area contributed by atoms with Gasteiger partial charge in [-0.05, 0) is 25.1 Å². The molecule has 114 valence electrons. The Labute approximate surface area is 123 Å². The number of carbonyl (C=O) groups excluding carboxylic acids is 2. The van der Waals surface area contributed by atoms with Crippen LogP contribution < -0.4 is 16.8 Å². The Bertz CT molecular complexity index is 563. The average molecular weight is 292 g/mol. The van der Waals surface area contributed by atoms with Gasteiger partial charge in [-0.3, -0.25) is 4.79 Å². The maximum Gasteiger partial charge on any atom is 0.338 e. The predicted octanol–water partition coefficient (Wildman–Crippen LogP) is 1.36. The van der Waals surface area contributed by atoms with E-state index in [-0.39, 0.29) is 24.4 Å². The molecule has 0 spiro atoms. The van der Waals surface area contributed by atoms with E-state index in [1.165, 1.54) is 6.07 Å². The van der Waals surface area contributed by atoms with Crippen molar-refractivity contribution in [2.45, 2.75) is 20.8 Å². The summed E-state index contributed by atoms with van der Waals surface area (Å²) in [5, 5.41) is 2.70. The van der Waals surface area contributed by atoms with Gasteiger partial charge in [0.05, 0.1) is 23.5 Å². The normalized spacial score (nSPS) is 10.1. The van der Waals surface area contributed by atoms with Crippen LogP contribution in [0, 0.1) is 5.92 Å². The van der Waals surface area contributed by atoms with E-state index in [1.54, 1.807) is 32.9 Å². The molecule has 0 saturated heterocycles. The predicted molar refractivity (Wildman–Crippen MR) is 81.3 cm³/mol. The number of guanidine groups is 1. The highest BCUT2D eigenvalue weighted by Gasteiger charge is 2.14. The van der Waals surface area contributed by atoms with Crippen LogP contribution in [-0.2, 0) is 9.53 Å². The van der Waals surface area contributed by atoms with Gasteiger partial charge in [-0.15, -0.1) is 0 Å². The van der Waals surface area contributed by atoms with Crippen LogP contribution in [0.25, 0.3) is 0 Å². The van der Waals surface area contributed by atoms with Crippen molar-refractivity contribution in [3.8, 4) is 0 Å². The first-order valence-corrected chi connectivity index (χ1v) is 6.56. The number of rotatable bonds is 5. The molecule has 5 N–H and O–H groups in total. The fraction of sp³-hybridized carbons (Fsp3) is 0.357. The molecule has 0 aliphatic carbocycles. The van der Waals surface area contributed by atoms with Gasteiger partial charge in [0, 0.05) is 5.92 Å². The third-order valence-electron chi connectivity index (χ3n) is 2.54. The summed E-state index contributed by atoms with van der Waals surface area (Å²) >= 11 is 0. The molecular formula is C14H20N4O3. The first-order valence-electron chi connectivity index (χ1n) is 6.56. The van der Waals surface area contributed by atoms with Crippen molar-refractivity contribution in [1.29, 1.82) is 0 Å². The summed E-state index contributed by atoms with van der Waals surface area (Å²) in [6.45, 7) is 5.51.